The highest BCUT2D eigenvalue weighted by atomic mass is 35.5. The number of pyridine rings is 1. The van der Waals surface area contributed by atoms with Gasteiger partial charge in [-0.2, -0.15) is 0 Å². The van der Waals surface area contributed by atoms with Crippen molar-refractivity contribution < 1.29 is 0 Å². The van der Waals surface area contributed by atoms with Gasteiger partial charge in [0, 0.05) is 17.8 Å². The molecule has 0 unspecified atom stereocenters. The molecule has 5 heteroatoms. The zero-order valence-corrected chi connectivity index (χ0v) is 16.4. The Kier molecular flexibility index (Phi) is 6.21. The topological polar surface area (TPSA) is 28.2 Å². The minimum Gasteiger partial charge on any atom is -0.363 e. The largest absolute Gasteiger partial charge is 0.363 e. The molecular formula is C20H25Cl2N3. The Morgan fingerprint density at radius 3 is 2.60 bits per heavy atom. The first kappa shape index (κ1) is 18.5. The summed E-state index contributed by atoms with van der Waals surface area (Å²) in [5, 5.41) is 5.10. The molecule has 0 bridgehead atoms. The molecule has 1 atom stereocenters. The molecule has 1 aliphatic rings. The molecule has 0 spiro atoms. The number of nitrogens with one attached hydrogen (secondary N) is 1. The maximum absolute atomic E-state index is 6.37. The number of nitrogens with zero attached hydrogens (tertiary/aromatic N) is 2. The minimum absolute atomic E-state index is 0.198. The summed E-state index contributed by atoms with van der Waals surface area (Å²) < 4.78 is 0. The van der Waals surface area contributed by atoms with Crippen molar-refractivity contribution in [3.05, 3.63) is 57.2 Å². The smallest absolute Gasteiger partial charge is 0.126 e. The average molecular weight is 378 g/mol. The number of halogens is 2. The van der Waals surface area contributed by atoms with Gasteiger partial charge in [-0.15, -0.1) is 0 Å². The van der Waals surface area contributed by atoms with Crippen LogP contribution >= 0.6 is 23.2 Å². The lowest BCUT2D eigenvalue weighted by atomic mass is 10.0. The Labute approximate surface area is 160 Å². The third kappa shape index (κ3) is 4.66. The van der Waals surface area contributed by atoms with Crippen LogP contribution in [0.4, 0.5) is 5.82 Å². The second-order valence-electron chi connectivity index (χ2n) is 6.76. The van der Waals surface area contributed by atoms with Crippen LogP contribution in [0.25, 0.3) is 0 Å². The SMILES string of the molecule is CC[C@@H](Nc1cc(CN2CCCC2)c(Cl)cn1)c1ccc(Cl)c(C)c1. The van der Waals surface area contributed by atoms with Crippen molar-refractivity contribution in [2.45, 2.75) is 45.7 Å². The number of hydrogen-bond donors (Lipinski definition) is 1. The van der Waals surface area contributed by atoms with Gasteiger partial charge in [0.2, 0.25) is 0 Å². The van der Waals surface area contributed by atoms with Crippen molar-refractivity contribution >= 4 is 29.0 Å². The summed E-state index contributed by atoms with van der Waals surface area (Å²) in [5.74, 6) is 0.873. The van der Waals surface area contributed by atoms with Gasteiger partial charge >= 0.3 is 0 Å². The van der Waals surface area contributed by atoms with Gasteiger partial charge in [0.15, 0.2) is 0 Å². The monoisotopic (exact) mass is 377 g/mol. The van der Waals surface area contributed by atoms with Gasteiger partial charge in [0.05, 0.1) is 11.1 Å². The molecule has 3 rings (SSSR count). The molecule has 0 radical (unpaired) electrons. The van der Waals surface area contributed by atoms with Gasteiger partial charge < -0.3 is 5.32 Å². The van der Waals surface area contributed by atoms with Gasteiger partial charge in [-0.05, 0) is 68.1 Å². The van der Waals surface area contributed by atoms with E-state index in [0.29, 0.717) is 0 Å². The van der Waals surface area contributed by atoms with Crippen molar-refractivity contribution in [1.29, 1.82) is 0 Å². The number of benzene rings is 1. The lowest BCUT2D eigenvalue weighted by molar-refractivity contribution is 0.331. The van der Waals surface area contributed by atoms with E-state index in [1.165, 1.54) is 18.4 Å². The Balaban J connectivity index is 1.76. The maximum atomic E-state index is 6.37. The van der Waals surface area contributed by atoms with Crippen LogP contribution in [0.1, 0.15) is 48.9 Å². The van der Waals surface area contributed by atoms with Crippen LogP contribution in [0, 0.1) is 6.92 Å². The predicted molar refractivity (Wildman–Crippen MR) is 107 cm³/mol. The van der Waals surface area contributed by atoms with Gasteiger partial charge in [-0.3, -0.25) is 4.90 Å². The molecule has 2 aromatic rings. The summed E-state index contributed by atoms with van der Waals surface area (Å²) >= 11 is 12.5. The number of anilines is 1. The normalized spacial score (nSPS) is 16.2. The molecule has 3 nitrogen and oxygen atoms in total. The fourth-order valence-corrected chi connectivity index (χ4v) is 3.63. The van der Waals surface area contributed by atoms with Gasteiger partial charge in [-0.25, -0.2) is 4.98 Å². The van der Waals surface area contributed by atoms with Crippen LogP contribution in [0.3, 0.4) is 0 Å². The van der Waals surface area contributed by atoms with E-state index in [1.54, 1.807) is 6.20 Å². The van der Waals surface area contributed by atoms with Gasteiger partial charge in [-0.1, -0.05) is 42.3 Å². The molecule has 1 fully saturated rings. The second kappa shape index (κ2) is 8.39. The van der Waals surface area contributed by atoms with Crippen molar-refractivity contribution in [2.24, 2.45) is 0 Å². The first-order valence-corrected chi connectivity index (χ1v) is 9.71. The third-order valence-electron chi connectivity index (χ3n) is 4.84. The third-order valence-corrected chi connectivity index (χ3v) is 5.61. The summed E-state index contributed by atoms with van der Waals surface area (Å²) in [6.45, 7) is 7.41. The molecule has 25 heavy (non-hydrogen) atoms. The molecule has 134 valence electrons. The highest BCUT2D eigenvalue weighted by molar-refractivity contribution is 6.31. The molecule has 0 aliphatic carbocycles. The zero-order chi connectivity index (χ0) is 17.8. The van der Waals surface area contributed by atoms with E-state index in [4.69, 9.17) is 23.2 Å². The van der Waals surface area contributed by atoms with E-state index in [-0.39, 0.29) is 6.04 Å². The van der Waals surface area contributed by atoms with E-state index in [2.05, 4.69) is 40.3 Å². The molecule has 0 amide bonds. The lowest BCUT2D eigenvalue weighted by Gasteiger charge is -2.21. The number of aromatic nitrogens is 1. The van der Waals surface area contributed by atoms with E-state index < -0.39 is 0 Å². The highest BCUT2D eigenvalue weighted by Gasteiger charge is 2.16. The zero-order valence-electron chi connectivity index (χ0n) is 14.9. The number of hydrogen-bond acceptors (Lipinski definition) is 3. The fraction of sp³-hybridized carbons (Fsp3) is 0.450. The Morgan fingerprint density at radius 2 is 1.92 bits per heavy atom. The molecule has 1 aromatic heterocycles. The summed E-state index contributed by atoms with van der Waals surface area (Å²) in [6.07, 6.45) is 5.28. The van der Waals surface area contributed by atoms with E-state index >= 15 is 0 Å². The Morgan fingerprint density at radius 1 is 1.16 bits per heavy atom. The summed E-state index contributed by atoms with van der Waals surface area (Å²) in [4.78, 5) is 6.93. The Bertz CT molecular complexity index is 727. The highest BCUT2D eigenvalue weighted by Crippen LogP contribution is 2.27. The number of likely N-dealkylation sites (tertiary alicyclic amines) is 1. The number of rotatable bonds is 6. The molecule has 0 saturated carbocycles. The first-order chi connectivity index (χ1) is 12.1. The van der Waals surface area contributed by atoms with E-state index in [1.807, 2.05) is 13.0 Å². The predicted octanol–water partition coefficient (Wildman–Crippen LogP) is 5.86. The lowest BCUT2D eigenvalue weighted by Crippen LogP contribution is -2.19. The van der Waals surface area contributed by atoms with E-state index in [9.17, 15) is 0 Å². The molecular weight excluding hydrogens is 353 g/mol. The van der Waals surface area contributed by atoms with Crippen LogP contribution in [-0.4, -0.2) is 23.0 Å². The fourth-order valence-electron chi connectivity index (χ4n) is 3.35. The molecule has 1 aliphatic heterocycles. The molecule has 1 N–H and O–H groups in total. The standard InChI is InChI=1S/C20H25Cl2N3/c1-3-19(15-6-7-17(21)14(2)10-15)24-20-11-16(18(22)12-23-20)13-25-8-4-5-9-25/h6-7,10-12,19H,3-5,8-9,13H2,1-2H3,(H,23,24)/t19-/m1/s1. The van der Waals surface area contributed by atoms with Crippen LogP contribution in [0.5, 0.6) is 0 Å². The van der Waals surface area contributed by atoms with Crippen LogP contribution in [-0.2, 0) is 6.54 Å². The summed E-state index contributed by atoms with van der Waals surface area (Å²) in [5.41, 5.74) is 3.46. The first-order valence-electron chi connectivity index (χ1n) is 8.96. The van der Waals surface area contributed by atoms with E-state index in [0.717, 1.165) is 53.0 Å². The molecule has 1 saturated heterocycles. The van der Waals surface area contributed by atoms with Gasteiger partial charge in [0.1, 0.15) is 5.82 Å². The second-order valence-corrected chi connectivity index (χ2v) is 7.57. The number of aryl methyl sites for hydroxylation is 1. The minimum atomic E-state index is 0.198. The van der Waals surface area contributed by atoms with Crippen LogP contribution in [0.15, 0.2) is 30.5 Å². The van der Waals surface area contributed by atoms with Crippen molar-refractivity contribution in [1.82, 2.24) is 9.88 Å². The molecule has 1 aromatic carbocycles. The Hall–Kier alpha value is -1.29. The summed E-state index contributed by atoms with van der Waals surface area (Å²) in [6, 6.07) is 8.48. The van der Waals surface area contributed by atoms with Crippen molar-refractivity contribution in [3.8, 4) is 0 Å². The van der Waals surface area contributed by atoms with Crippen LogP contribution < -0.4 is 5.32 Å². The molecule has 2 heterocycles. The van der Waals surface area contributed by atoms with Gasteiger partial charge in [0.25, 0.3) is 0 Å². The van der Waals surface area contributed by atoms with Crippen molar-refractivity contribution in [2.75, 3.05) is 18.4 Å². The quantitative estimate of drug-likeness (QED) is 0.683. The van der Waals surface area contributed by atoms with Crippen molar-refractivity contribution in [3.63, 3.8) is 0 Å². The summed E-state index contributed by atoms with van der Waals surface area (Å²) in [7, 11) is 0. The average Bonchev–Trinajstić information content (AvgIpc) is 3.11. The van der Waals surface area contributed by atoms with Crippen LogP contribution in [0.2, 0.25) is 10.0 Å². The maximum Gasteiger partial charge on any atom is 0.126 e.